The minimum Gasteiger partial charge on any atom is -0.272 e. The van der Waals surface area contributed by atoms with Gasteiger partial charge >= 0.3 is 0 Å². The van der Waals surface area contributed by atoms with E-state index >= 15 is 0 Å². The Hall–Kier alpha value is -1.31. The second kappa shape index (κ2) is 3.76. The first-order valence-electron chi connectivity index (χ1n) is 3.62. The van der Waals surface area contributed by atoms with Crippen LogP contribution in [0.4, 0.5) is 0 Å². The Morgan fingerprint density at radius 3 is 2.91 bits per heavy atom. The van der Waals surface area contributed by atoms with Gasteiger partial charge in [-0.25, -0.2) is 0 Å². The Bertz CT molecular complexity index is 248. The summed E-state index contributed by atoms with van der Waals surface area (Å²) in [5.74, 6) is 0. The summed E-state index contributed by atoms with van der Waals surface area (Å²) in [7, 11) is 0. The molecule has 0 aromatic carbocycles. The third-order valence-electron chi connectivity index (χ3n) is 1.45. The molecule has 0 N–H and O–H groups in total. The largest absolute Gasteiger partial charge is 0.272 e. The molecule has 0 spiro atoms. The maximum absolute atomic E-state index is 4.12. The predicted octanol–water partition coefficient (Wildman–Crippen LogP) is 2.10. The third-order valence-corrected chi connectivity index (χ3v) is 1.45. The molecule has 0 radical (unpaired) electrons. The zero-order valence-corrected chi connectivity index (χ0v) is 6.53. The van der Waals surface area contributed by atoms with E-state index < -0.39 is 0 Å². The van der Waals surface area contributed by atoms with Crippen LogP contribution >= 0.6 is 0 Å². The van der Waals surface area contributed by atoms with Gasteiger partial charge in [0.05, 0.1) is 6.20 Å². The van der Waals surface area contributed by atoms with E-state index in [1.807, 2.05) is 17.0 Å². The van der Waals surface area contributed by atoms with Crippen molar-refractivity contribution in [3.63, 3.8) is 0 Å². The summed E-state index contributed by atoms with van der Waals surface area (Å²) in [5, 5.41) is 4.12. The quantitative estimate of drug-likeness (QED) is 0.598. The Kier molecular flexibility index (Phi) is 2.66. The van der Waals surface area contributed by atoms with Gasteiger partial charge in [0.2, 0.25) is 0 Å². The Morgan fingerprint density at radius 1 is 1.55 bits per heavy atom. The fourth-order valence-corrected chi connectivity index (χ4v) is 0.831. The van der Waals surface area contributed by atoms with Gasteiger partial charge in [-0.1, -0.05) is 18.7 Å². The number of hydrogen-bond donors (Lipinski definition) is 0. The van der Waals surface area contributed by atoms with Gasteiger partial charge in [0, 0.05) is 18.3 Å². The molecule has 0 aliphatic heterocycles. The Labute approximate surface area is 66.8 Å². The van der Waals surface area contributed by atoms with Crippen molar-refractivity contribution < 1.29 is 0 Å². The van der Waals surface area contributed by atoms with E-state index in [-0.39, 0.29) is 0 Å². The summed E-state index contributed by atoms with van der Waals surface area (Å²) in [4.78, 5) is 0. The van der Waals surface area contributed by atoms with Crippen molar-refractivity contribution in [1.82, 2.24) is 9.78 Å². The monoisotopic (exact) mass is 148 g/mol. The van der Waals surface area contributed by atoms with Gasteiger partial charge in [-0.3, -0.25) is 4.68 Å². The van der Waals surface area contributed by atoms with Gasteiger partial charge in [-0.2, -0.15) is 5.10 Å². The molecule has 0 fully saturated rings. The molecular weight excluding hydrogens is 136 g/mol. The van der Waals surface area contributed by atoms with E-state index in [2.05, 4.69) is 18.3 Å². The number of nitrogens with zero attached hydrogens (tertiary/aromatic N) is 2. The second-order valence-electron chi connectivity index (χ2n) is 2.32. The van der Waals surface area contributed by atoms with Crippen molar-refractivity contribution >= 4 is 6.08 Å². The van der Waals surface area contributed by atoms with Crippen molar-refractivity contribution in [2.45, 2.75) is 13.0 Å². The van der Waals surface area contributed by atoms with Gasteiger partial charge in [-0.05, 0) is 6.42 Å². The summed E-state index contributed by atoms with van der Waals surface area (Å²) in [6.45, 7) is 8.19. The van der Waals surface area contributed by atoms with Crippen molar-refractivity contribution in [3.05, 3.63) is 37.2 Å². The SMILES string of the molecule is C=CCCn1cc(C=C)cn1. The van der Waals surface area contributed by atoms with E-state index in [4.69, 9.17) is 0 Å². The zero-order valence-electron chi connectivity index (χ0n) is 6.53. The molecule has 2 nitrogen and oxygen atoms in total. The molecule has 1 rings (SSSR count). The van der Waals surface area contributed by atoms with Gasteiger partial charge in [0.25, 0.3) is 0 Å². The van der Waals surface area contributed by atoms with Gasteiger partial charge < -0.3 is 0 Å². The van der Waals surface area contributed by atoms with Crippen molar-refractivity contribution in [2.24, 2.45) is 0 Å². The van der Waals surface area contributed by atoms with Crippen LogP contribution in [0.1, 0.15) is 12.0 Å². The zero-order chi connectivity index (χ0) is 8.10. The van der Waals surface area contributed by atoms with Crippen LogP contribution in [-0.2, 0) is 6.54 Å². The molecule has 0 atom stereocenters. The minimum atomic E-state index is 0.900. The van der Waals surface area contributed by atoms with Crippen molar-refractivity contribution in [2.75, 3.05) is 0 Å². The van der Waals surface area contributed by atoms with Crippen LogP contribution in [0.3, 0.4) is 0 Å². The molecule has 0 aliphatic rings. The standard InChI is InChI=1S/C9H12N2/c1-3-5-6-11-8-9(4-2)7-10-11/h3-4,7-8H,1-2,5-6H2. The Balaban J connectivity index is 2.57. The minimum absolute atomic E-state index is 0.900. The van der Waals surface area contributed by atoms with Crippen LogP contribution < -0.4 is 0 Å². The molecule has 11 heavy (non-hydrogen) atoms. The fourth-order valence-electron chi connectivity index (χ4n) is 0.831. The van der Waals surface area contributed by atoms with Crippen molar-refractivity contribution in [1.29, 1.82) is 0 Å². The highest BCUT2D eigenvalue weighted by atomic mass is 15.3. The van der Waals surface area contributed by atoms with Crippen LogP contribution in [-0.4, -0.2) is 9.78 Å². The van der Waals surface area contributed by atoms with Gasteiger partial charge in [0.1, 0.15) is 0 Å². The summed E-state index contributed by atoms with van der Waals surface area (Å²) >= 11 is 0. The topological polar surface area (TPSA) is 17.8 Å². The molecule has 58 valence electrons. The summed E-state index contributed by atoms with van der Waals surface area (Å²) in [5.41, 5.74) is 1.06. The highest BCUT2D eigenvalue weighted by Gasteiger charge is 1.91. The lowest BCUT2D eigenvalue weighted by Gasteiger charge is -1.94. The molecule has 1 heterocycles. The first-order chi connectivity index (χ1) is 5.36. The van der Waals surface area contributed by atoms with E-state index in [0.717, 1.165) is 18.5 Å². The Morgan fingerprint density at radius 2 is 2.36 bits per heavy atom. The maximum Gasteiger partial charge on any atom is 0.0562 e. The predicted molar refractivity (Wildman–Crippen MR) is 47.1 cm³/mol. The highest BCUT2D eigenvalue weighted by Crippen LogP contribution is 1.99. The lowest BCUT2D eigenvalue weighted by Crippen LogP contribution is -1.95. The van der Waals surface area contributed by atoms with E-state index in [9.17, 15) is 0 Å². The fraction of sp³-hybridized carbons (Fsp3) is 0.222. The van der Waals surface area contributed by atoms with Crippen LogP contribution in [0.25, 0.3) is 6.08 Å². The van der Waals surface area contributed by atoms with E-state index in [1.54, 1.807) is 12.3 Å². The smallest absolute Gasteiger partial charge is 0.0562 e. The number of hydrogen-bond acceptors (Lipinski definition) is 1. The van der Waals surface area contributed by atoms with Crippen LogP contribution in [0.15, 0.2) is 31.6 Å². The molecule has 2 heteroatoms. The first-order valence-corrected chi connectivity index (χ1v) is 3.62. The maximum atomic E-state index is 4.12. The van der Waals surface area contributed by atoms with E-state index in [0.29, 0.717) is 0 Å². The van der Waals surface area contributed by atoms with Gasteiger partial charge in [-0.15, -0.1) is 6.58 Å². The van der Waals surface area contributed by atoms with Crippen LogP contribution in [0.2, 0.25) is 0 Å². The van der Waals surface area contributed by atoms with Crippen molar-refractivity contribution in [3.8, 4) is 0 Å². The molecule has 0 aliphatic carbocycles. The molecule has 0 unspecified atom stereocenters. The number of aryl methyl sites for hydroxylation is 1. The number of allylic oxidation sites excluding steroid dienone is 1. The normalized spacial score (nSPS) is 9.45. The molecule has 0 saturated heterocycles. The molecule has 0 saturated carbocycles. The molecular formula is C9H12N2. The lowest BCUT2D eigenvalue weighted by atomic mass is 10.4. The van der Waals surface area contributed by atoms with E-state index in [1.165, 1.54) is 0 Å². The second-order valence-corrected chi connectivity index (χ2v) is 2.32. The summed E-state index contributed by atoms with van der Waals surface area (Å²) in [6.07, 6.45) is 8.40. The molecule has 1 aromatic rings. The number of rotatable bonds is 4. The highest BCUT2D eigenvalue weighted by molar-refractivity contribution is 5.43. The van der Waals surface area contributed by atoms with Crippen LogP contribution in [0, 0.1) is 0 Å². The van der Waals surface area contributed by atoms with Gasteiger partial charge in [0.15, 0.2) is 0 Å². The average molecular weight is 148 g/mol. The average Bonchev–Trinajstić information content (AvgIpc) is 2.48. The molecule has 0 bridgehead atoms. The van der Waals surface area contributed by atoms with Crippen LogP contribution in [0.5, 0.6) is 0 Å². The molecule has 0 amide bonds. The molecule has 1 aromatic heterocycles. The lowest BCUT2D eigenvalue weighted by molar-refractivity contribution is 0.624. The number of aromatic nitrogens is 2. The summed E-state index contributed by atoms with van der Waals surface area (Å²) in [6, 6.07) is 0. The first kappa shape index (κ1) is 7.79. The third kappa shape index (κ3) is 2.08. The summed E-state index contributed by atoms with van der Waals surface area (Å²) < 4.78 is 1.89.